The molecule has 2 aromatic carbocycles. The van der Waals surface area contributed by atoms with Crippen molar-refractivity contribution in [2.45, 2.75) is 76.7 Å². The number of nitriles is 1. The average Bonchev–Trinajstić information content (AvgIpc) is 2.78. The third-order valence-electron chi connectivity index (χ3n) is 7.35. The normalized spacial score (nSPS) is 17.8. The second-order valence-corrected chi connectivity index (χ2v) is 10.1. The molecule has 2 N–H and O–H groups in total. The van der Waals surface area contributed by atoms with Crippen molar-refractivity contribution in [1.29, 1.82) is 5.26 Å². The zero-order valence-corrected chi connectivity index (χ0v) is 19.8. The highest BCUT2D eigenvalue weighted by Gasteiger charge is 2.46. The summed E-state index contributed by atoms with van der Waals surface area (Å²) in [4.78, 5) is 14.7. The van der Waals surface area contributed by atoms with Crippen molar-refractivity contribution in [3.8, 4) is 6.07 Å². The van der Waals surface area contributed by atoms with E-state index in [1.807, 2.05) is 30.3 Å². The van der Waals surface area contributed by atoms with Gasteiger partial charge in [0.05, 0.1) is 28.4 Å². The Morgan fingerprint density at radius 3 is 2.36 bits per heavy atom. The molecule has 5 nitrogen and oxygen atoms in total. The summed E-state index contributed by atoms with van der Waals surface area (Å²) in [5.41, 5.74) is 3.73. The van der Waals surface area contributed by atoms with Gasteiger partial charge in [-0.3, -0.25) is 4.79 Å². The first-order valence-electron chi connectivity index (χ1n) is 12.3. The Bertz CT molecular complexity index is 1010. The number of nitrogens with zero attached hydrogens (tertiary/aromatic N) is 2. The van der Waals surface area contributed by atoms with Crippen molar-refractivity contribution in [3.05, 3.63) is 53.6 Å². The Hall–Kier alpha value is -3.00. The topological polar surface area (TPSA) is 76.4 Å². The molecule has 2 aliphatic carbocycles. The molecule has 174 valence electrons. The van der Waals surface area contributed by atoms with Crippen LogP contribution >= 0.6 is 0 Å². The summed E-state index contributed by atoms with van der Waals surface area (Å²) in [5.74, 6) is -0.205. The maximum atomic E-state index is 12.2. The lowest BCUT2D eigenvalue weighted by atomic mass is 9.64. The smallest absolute Gasteiger partial charge is 0.314 e. The number of benzene rings is 2. The largest absolute Gasteiger partial charge is 0.481 e. The minimum absolute atomic E-state index is 0.505. The Morgan fingerprint density at radius 2 is 1.82 bits per heavy atom. The fraction of sp³-hybridized carbons (Fsp3) is 0.500. The molecule has 33 heavy (non-hydrogen) atoms. The number of hydrogen-bond donors (Lipinski definition) is 2. The minimum Gasteiger partial charge on any atom is -0.481 e. The molecule has 5 heteroatoms. The Morgan fingerprint density at radius 1 is 1.12 bits per heavy atom. The van der Waals surface area contributed by atoms with Crippen LogP contribution in [0, 0.1) is 17.2 Å². The zero-order chi connectivity index (χ0) is 23.4. The zero-order valence-electron chi connectivity index (χ0n) is 19.8. The summed E-state index contributed by atoms with van der Waals surface area (Å²) in [6.07, 6.45) is 8.56. The lowest BCUT2D eigenvalue weighted by Gasteiger charge is -2.41. The second-order valence-electron chi connectivity index (χ2n) is 10.1. The van der Waals surface area contributed by atoms with Gasteiger partial charge in [0.1, 0.15) is 0 Å². The fourth-order valence-electron chi connectivity index (χ4n) is 5.35. The van der Waals surface area contributed by atoms with E-state index >= 15 is 0 Å². The third kappa shape index (κ3) is 4.85. The number of carbonyl (C=O) groups is 1. The monoisotopic (exact) mass is 445 g/mol. The molecule has 4 rings (SSSR count). The van der Waals surface area contributed by atoms with E-state index in [4.69, 9.17) is 5.26 Å². The van der Waals surface area contributed by atoms with Gasteiger partial charge in [-0.1, -0.05) is 45.6 Å². The molecule has 0 heterocycles. The molecule has 0 atom stereocenters. The van der Waals surface area contributed by atoms with Gasteiger partial charge in [-0.05, 0) is 73.6 Å². The van der Waals surface area contributed by atoms with Crippen LogP contribution in [0.3, 0.4) is 0 Å². The van der Waals surface area contributed by atoms with Crippen molar-refractivity contribution < 1.29 is 9.90 Å². The highest BCUT2D eigenvalue weighted by molar-refractivity contribution is 5.85. The van der Waals surface area contributed by atoms with Crippen LogP contribution in [0.1, 0.15) is 76.3 Å². The number of rotatable bonds is 8. The van der Waals surface area contributed by atoms with Crippen molar-refractivity contribution >= 4 is 23.0 Å². The predicted molar refractivity (Wildman–Crippen MR) is 133 cm³/mol. The van der Waals surface area contributed by atoms with E-state index in [1.54, 1.807) is 0 Å². The minimum atomic E-state index is -0.770. The van der Waals surface area contributed by atoms with Crippen LogP contribution in [0.25, 0.3) is 0 Å². The fourth-order valence-corrected chi connectivity index (χ4v) is 5.35. The molecule has 2 fully saturated rings. The van der Waals surface area contributed by atoms with Gasteiger partial charge in [-0.15, -0.1) is 0 Å². The third-order valence-corrected chi connectivity index (χ3v) is 7.35. The number of carboxylic acid groups (broad SMARTS) is 1. The van der Waals surface area contributed by atoms with E-state index in [9.17, 15) is 9.90 Å². The average molecular weight is 446 g/mol. The quantitative estimate of drug-likeness (QED) is 0.478. The second kappa shape index (κ2) is 9.87. The first-order chi connectivity index (χ1) is 15.9. The van der Waals surface area contributed by atoms with E-state index in [2.05, 4.69) is 42.3 Å². The highest BCUT2D eigenvalue weighted by atomic mass is 16.4. The van der Waals surface area contributed by atoms with Crippen molar-refractivity contribution in [1.82, 2.24) is 0 Å². The summed E-state index contributed by atoms with van der Waals surface area (Å²) in [7, 11) is 0. The number of carboxylic acids is 1. The van der Waals surface area contributed by atoms with Gasteiger partial charge < -0.3 is 15.3 Å². The molecule has 0 aromatic heterocycles. The number of anilines is 3. The Kier molecular flexibility index (Phi) is 6.93. The van der Waals surface area contributed by atoms with Crippen LogP contribution in [0.4, 0.5) is 17.1 Å². The number of aliphatic carboxylic acids is 1. The summed E-state index contributed by atoms with van der Waals surface area (Å²) in [5, 5.41) is 22.7. The molecule has 0 radical (unpaired) electrons. The maximum Gasteiger partial charge on any atom is 0.314 e. The molecule has 0 amide bonds. The summed E-state index contributed by atoms with van der Waals surface area (Å²) in [6.45, 7) is 5.48. The molecule has 0 spiro atoms. The van der Waals surface area contributed by atoms with Gasteiger partial charge in [-0.25, -0.2) is 0 Å². The molecule has 0 bridgehead atoms. The molecule has 0 aliphatic heterocycles. The van der Waals surface area contributed by atoms with Crippen LogP contribution in [0.15, 0.2) is 42.5 Å². The summed E-state index contributed by atoms with van der Waals surface area (Å²) >= 11 is 0. The van der Waals surface area contributed by atoms with Crippen LogP contribution in [0.5, 0.6) is 0 Å². The van der Waals surface area contributed by atoms with Gasteiger partial charge in [0.25, 0.3) is 0 Å². The standard InChI is InChI=1S/C28H35N3O2/c1-20(2)19-31(24-7-4-3-5-8-24)26-14-11-22(28(27(32)33)15-6-16-28)17-25(26)30-23-12-9-21(18-29)10-13-23/h9-14,17,20,24,30H,3-8,15-16,19H2,1-2H3,(H,32,33). The van der Waals surface area contributed by atoms with E-state index < -0.39 is 11.4 Å². The van der Waals surface area contributed by atoms with Crippen molar-refractivity contribution in [2.75, 3.05) is 16.8 Å². The maximum absolute atomic E-state index is 12.2. The summed E-state index contributed by atoms with van der Waals surface area (Å²) < 4.78 is 0. The summed E-state index contributed by atoms with van der Waals surface area (Å²) in [6, 6.07) is 16.4. The van der Waals surface area contributed by atoms with Gasteiger partial charge in [0.2, 0.25) is 0 Å². The first-order valence-corrected chi connectivity index (χ1v) is 12.3. The van der Waals surface area contributed by atoms with E-state index in [-0.39, 0.29) is 0 Å². The number of hydrogen-bond acceptors (Lipinski definition) is 4. The molecule has 0 saturated heterocycles. The molecular weight excluding hydrogens is 410 g/mol. The van der Waals surface area contributed by atoms with Gasteiger partial charge in [0, 0.05) is 18.3 Å². The van der Waals surface area contributed by atoms with Crippen LogP contribution < -0.4 is 10.2 Å². The molecule has 2 saturated carbocycles. The molecular formula is C28H35N3O2. The van der Waals surface area contributed by atoms with Crippen LogP contribution in [-0.4, -0.2) is 23.7 Å². The van der Waals surface area contributed by atoms with E-state index in [0.717, 1.165) is 35.6 Å². The number of nitrogens with one attached hydrogen (secondary N) is 1. The van der Waals surface area contributed by atoms with Gasteiger partial charge >= 0.3 is 5.97 Å². The first kappa shape index (κ1) is 23.2. The van der Waals surface area contributed by atoms with Crippen LogP contribution in [0.2, 0.25) is 0 Å². The molecule has 2 aromatic rings. The molecule has 0 unspecified atom stereocenters. The predicted octanol–water partition coefficient (Wildman–Crippen LogP) is 6.60. The highest BCUT2D eigenvalue weighted by Crippen LogP contribution is 2.46. The Balaban J connectivity index is 1.76. The lowest BCUT2D eigenvalue weighted by molar-refractivity contribution is -0.147. The van der Waals surface area contributed by atoms with Crippen LogP contribution in [-0.2, 0) is 10.2 Å². The van der Waals surface area contributed by atoms with E-state index in [1.165, 1.54) is 32.1 Å². The van der Waals surface area contributed by atoms with Gasteiger partial charge in [0.15, 0.2) is 0 Å². The lowest BCUT2D eigenvalue weighted by Crippen LogP contribution is -2.42. The Labute approximate surface area is 197 Å². The van der Waals surface area contributed by atoms with E-state index in [0.29, 0.717) is 30.4 Å². The SMILES string of the molecule is CC(C)CN(c1ccc(C2(C(=O)O)CCC2)cc1Nc1ccc(C#N)cc1)C1CCCCC1. The van der Waals surface area contributed by atoms with Crippen molar-refractivity contribution in [2.24, 2.45) is 5.92 Å². The van der Waals surface area contributed by atoms with Gasteiger partial charge in [-0.2, -0.15) is 5.26 Å². The molecule has 2 aliphatic rings. The van der Waals surface area contributed by atoms with Crippen molar-refractivity contribution in [3.63, 3.8) is 0 Å².